The molecule has 0 radical (unpaired) electrons. The van der Waals surface area contributed by atoms with Crippen molar-refractivity contribution in [2.24, 2.45) is 55.1 Å². The van der Waals surface area contributed by atoms with E-state index in [1.807, 2.05) is 16.0 Å². The summed E-state index contributed by atoms with van der Waals surface area (Å²) < 4.78 is 0. The highest BCUT2D eigenvalue weighted by atomic mass is 16.4. The molecule has 0 aromatic carbocycles. The van der Waals surface area contributed by atoms with E-state index in [1.54, 1.807) is 0 Å². The van der Waals surface area contributed by atoms with Gasteiger partial charge in [0.25, 0.3) is 0 Å². The second kappa shape index (κ2) is 44.7. The molecule has 0 heterocycles. The van der Waals surface area contributed by atoms with E-state index in [0.29, 0.717) is 0 Å². The lowest BCUT2D eigenvalue weighted by atomic mass is 10.0. The third-order valence-electron chi connectivity index (χ3n) is 13.2. The summed E-state index contributed by atoms with van der Waals surface area (Å²) in [5, 5.41) is 96.5. The van der Waals surface area contributed by atoms with Crippen LogP contribution in [0.2, 0.25) is 0 Å². The standard InChI is InChI=1S/C52H87N19O24/c1-23(72)39(48(93)69-30(11-17-36(79)80)45(90)67-29(10-16-35(77)78)46(91)70-32(49(94)95)13-19-38(83)84)71-47(92)31(12-18-37(81)82)68-44(89)28(9-15-34(75)76)66-43(88)27(8-14-33(73)74)65-42(87)26(7-4-22-62-52(58)59)64-41(86)25(6-3-21-61-51(56)57)63-40(85)24(53)5-2-20-60-50(54)55/h23-32,39,72H,2-22,53H2,1H3,(H,63,85)(H,64,86)(H,65,87)(H,66,88)(H,67,90)(H,68,89)(H,69,93)(H,70,91)(H,71,92)(H,73,74)(H,75,76)(H,77,78)(H,79,80)(H,81,82)(H,83,84)(H,94,95)(H4,54,55,60)(H4,56,57,61)(H4,58,59,62). The van der Waals surface area contributed by atoms with Crippen LogP contribution in [0.3, 0.4) is 0 Å². The largest absolute Gasteiger partial charge is 0.481 e. The molecular weight excluding hydrogens is 1270 g/mol. The predicted octanol–water partition coefficient (Wildman–Crippen LogP) is -9.51. The number of aliphatic carboxylic acids is 7. The van der Waals surface area contributed by atoms with Crippen molar-refractivity contribution in [3.63, 3.8) is 0 Å². The molecule has 0 aliphatic carbocycles. The lowest BCUT2D eigenvalue weighted by molar-refractivity contribution is -0.144. The first kappa shape index (κ1) is 84.2. The molecule has 43 nitrogen and oxygen atoms in total. The highest BCUT2D eigenvalue weighted by molar-refractivity contribution is 5.99. The molecule has 0 aromatic rings. The number of rotatable bonds is 50. The van der Waals surface area contributed by atoms with Crippen LogP contribution < -0.4 is 88.0 Å². The fraction of sp³-hybridized carbons (Fsp3) is 0.635. The zero-order chi connectivity index (χ0) is 72.7. The minimum Gasteiger partial charge on any atom is -0.481 e. The van der Waals surface area contributed by atoms with Gasteiger partial charge in [0.15, 0.2) is 17.9 Å². The molecular formula is C52H87N19O24. The highest BCUT2D eigenvalue weighted by Gasteiger charge is 2.37. The Hall–Kier alpha value is -10.8. The maximum Gasteiger partial charge on any atom is 0.326 e. The fourth-order valence-corrected chi connectivity index (χ4v) is 8.24. The molecule has 0 rings (SSSR count). The number of carbonyl (C=O) groups is 16. The minimum absolute atomic E-state index is 0.0380. The van der Waals surface area contributed by atoms with E-state index >= 15 is 0 Å². The molecule has 0 bridgehead atoms. The lowest BCUT2D eigenvalue weighted by Crippen LogP contribution is -2.62. The zero-order valence-electron chi connectivity index (χ0n) is 51.7. The Bertz CT molecular complexity index is 2790. The third kappa shape index (κ3) is 38.0. The number of amides is 9. The molecule has 43 heteroatoms. The Morgan fingerprint density at radius 3 is 0.758 bits per heavy atom. The van der Waals surface area contributed by atoms with Gasteiger partial charge >= 0.3 is 41.8 Å². The molecule has 11 atom stereocenters. The van der Waals surface area contributed by atoms with E-state index in [2.05, 4.69) is 46.9 Å². The van der Waals surface area contributed by atoms with Crippen LogP contribution in [0.4, 0.5) is 0 Å². The van der Waals surface area contributed by atoms with Crippen LogP contribution in [0.1, 0.15) is 122 Å². The van der Waals surface area contributed by atoms with Crippen molar-refractivity contribution in [1.82, 2.24) is 47.9 Å². The minimum atomic E-state index is -2.22. The van der Waals surface area contributed by atoms with Gasteiger partial charge in [0.05, 0.1) is 12.1 Å². The Morgan fingerprint density at radius 1 is 0.305 bits per heavy atom. The highest BCUT2D eigenvalue weighted by Crippen LogP contribution is 2.12. The molecule has 0 aliphatic rings. The molecule has 0 spiro atoms. The summed E-state index contributed by atoms with van der Waals surface area (Å²) in [4.78, 5) is 218. The first-order valence-electron chi connectivity index (χ1n) is 29.2. The van der Waals surface area contributed by atoms with E-state index in [9.17, 15) is 112 Å². The van der Waals surface area contributed by atoms with Crippen molar-refractivity contribution in [2.45, 2.75) is 189 Å². The van der Waals surface area contributed by atoms with Crippen LogP contribution in [-0.4, -0.2) is 240 Å². The van der Waals surface area contributed by atoms with Gasteiger partial charge in [0, 0.05) is 58.2 Å². The Balaban J connectivity index is 7.25. The third-order valence-corrected chi connectivity index (χ3v) is 13.2. The first-order valence-corrected chi connectivity index (χ1v) is 29.2. The van der Waals surface area contributed by atoms with Crippen molar-refractivity contribution in [3.8, 4) is 0 Å². The Kier molecular flexibility index (Phi) is 39.6. The summed E-state index contributed by atoms with van der Waals surface area (Å²) in [6.07, 6.45) is -12.3. The van der Waals surface area contributed by atoms with Gasteiger partial charge < -0.3 is 129 Å². The predicted molar refractivity (Wildman–Crippen MR) is 326 cm³/mol. The van der Waals surface area contributed by atoms with Crippen molar-refractivity contribution in [2.75, 3.05) is 19.6 Å². The van der Waals surface area contributed by atoms with Gasteiger partial charge in [0.2, 0.25) is 53.2 Å². The number of nitrogens with one attached hydrogen (secondary N) is 9. The van der Waals surface area contributed by atoms with E-state index in [4.69, 9.17) is 45.2 Å². The molecule has 534 valence electrons. The van der Waals surface area contributed by atoms with Gasteiger partial charge in [-0.2, -0.15) is 0 Å². The van der Waals surface area contributed by atoms with Gasteiger partial charge in [-0.15, -0.1) is 0 Å². The van der Waals surface area contributed by atoms with E-state index in [0.717, 1.165) is 6.92 Å². The second-order valence-electron chi connectivity index (χ2n) is 21.1. The molecule has 0 fully saturated rings. The van der Waals surface area contributed by atoms with Crippen molar-refractivity contribution in [3.05, 3.63) is 0 Å². The van der Waals surface area contributed by atoms with Gasteiger partial charge in [-0.05, 0) is 84.0 Å². The number of nitrogens with zero attached hydrogens (tertiary/aromatic N) is 3. The number of hydrogen-bond acceptors (Lipinski definition) is 21. The monoisotopic (exact) mass is 1360 g/mol. The number of carbonyl (C=O) groups excluding carboxylic acids is 9. The van der Waals surface area contributed by atoms with Crippen molar-refractivity contribution < 1.29 is 118 Å². The molecule has 0 saturated carbocycles. The molecule has 0 aliphatic heterocycles. The number of guanidine groups is 3. The molecule has 31 N–H and O–H groups in total. The van der Waals surface area contributed by atoms with Gasteiger partial charge in [-0.3, -0.25) is 86.9 Å². The fourth-order valence-electron chi connectivity index (χ4n) is 8.24. The van der Waals surface area contributed by atoms with E-state index < -0.39 is 239 Å². The number of aliphatic imine (C=N–C) groups is 3. The average Bonchev–Trinajstić information content (AvgIpc) is 0.895. The lowest BCUT2D eigenvalue weighted by Gasteiger charge is -2.29. The van der Waals surface area contributed by atoms with E-state index in [-0.39, 0.29) is 76.0 Å². The summed E-state index contributed by atoms with van der Waals surface area (Å²) in [7, 11) is 0. The maximum atomic E-state index is 14.2. The number of aliphatic hydroxyl groups is 1. The number of carboxylic acid groups (broad SMARTS) is 7. The molecule has 0 saturated heterocycles. The van der Waals surface area contributed by atoms with Crippen LogP contribution in [0.25, 0.3) is 0 Å². The normalized spacial score (nSPS) is 14.2. The van der Waals surface area contributed by atoms with Gasteiger partial charge in [0.1, 0.15) is 54.4 Å². The van der Waals surface area contributed by atoms with Crippen LogP contribution >= 0.6 is 0 Å². The SMILES string of the molecule is CC(O)C(NC(=O)C(CCC(=O)O)NC(=O)C(CCC(=O)O)NC(=O)C(CCC(=O)O)NC(=O)C(CCCN=C(N)N)NC(=O)C(CCCN=C(N)N)NC(=O)C(N)CCCN=C(N)N)C(=O)NC(CCC(=O)O)C(=O)NC(CCC(=O)O)C(=O)NC(CCC(=O)O)C(=O)O. The molecule has 9 amide bonds. The number of nitrogens with two attached hydrogens (primary N) is 7. The Labute approximate surface area is 540 Å². The number of aliphatic hydroxyl groups excluding tert-OH is 1. The van der Waals surface area contributed by atoms with Gasteiger partial charge in [-0.25, -0.2) is 4.79 Å². The van der Waals surface area contributed by atoms with Crippen molar-refractivity contribution >= 4 is 113 Å². The number of carboxylic acids is 7. The topological polar surface area (TPSA) is 762 Å². The summed E-state index contributed by atoms with van der Waals surface area (Å²) in [6, 6.07) is -18.5. The van der Waals surface area contributed by atoms with Crippen LogP contribution in [0.5, 0.6) is 0 Å². The summed E-state index contributed by atoms with van der Waals surface area (Å²) in [5.41, 5.74) is 38.5. The van der Waals surface area contributed by atoms with Crippen LogP contribution in [-0.2, 0) is 76.7 Å². The van der Waals surface area contributed by atoms with Crippen LogP contribution in [0.15, 0.2) is 15.0 Å². The van der Waals surface area contributed by atoms with Gasteiger partial charge in [-0.1, -0.05) is 0 Å². The number of hydrogen-bond donors (Lipinski definition) is 24. The first-order chi connectivity index (χ1) is 44.3. The summed E-state index contributed by atoms with van der Waals surface area (Å²) >= 11 is 0. The average molecular weight is 1360 g/mol. The van der Waals surface area contributed by atoms with E-state index in [1.165, 1.54) is 0 Å². The molecule has 0 aromatic heterocycles. The maximum absolute atomic E-state index is 14.2. The van der Waals surface area contributed by atoms with Crippen molar-refractivity contribution in [1.29, 1.82) is 0 Å². The molecule has 95 heavy (non-hydrogen) atoms. The summed E-state index contributed by atoms with van der Waals surface area (Å²) in [6.45, 7) is 0.812. The zero-order valence-corrected chi connectivity index (χ0v) is 51.7. The second-order valence-corrected chi connectivity index (χ2v) is 21.1. The molecule has 11 unspecified atom stereocenters. The Morgan fingerprint density at radius 2 is 0.516 bits per heavy atom. The smallest absolute Gasteiger partial charge is 0.326 e. The van der Waals surface area contributed by atoms with Crippen LogP contribution in [0, 0.1) is 0 Å². The quantitative estimate of drug-likeness (QED) is 0.0153. The summed E-state index contributed by atoms with van der Waals surface area (Å²) in [5.74, 6) is -23.5.